The Bertz CT molecular complexity index is 1970. The van der Waals surface area contributed by atoms with Gasteiger partial charge in [0.2, 0.25) is 5.88 Å². The third kappa shape index (κ3) is 4.27. The van der Waals surface area contributed by atoms with E-state index in [2.05, 4.69) is 16.0 Å². The van der Waals surface area contributed by atoms with Gasteiger partial charge >= 0.3 is 0 Å². The second-order valence-corrected chi connectivity index (χ2v) is 13.4. The summed E-state index contributed by atoms with van der Waals surface area (Å²) in [6.45, 7) is -2.84. The van der Waals surface area contributed by atoms with E-state index in [1.165, 1.54) is 18.2 Å². The maximum Gasteiger partial charge on any atom is 0.279 e. The van der Waals surface area contributed by atoms with Crippen molar-refractivity contribution in [2.75, 3.05) is 0 Å². The molecule has 0 saturated heterocycles. The third-order valence-electron chi connectivity index (χ3n) is 6.81. The smallest absolute Gasteiger partial charge is 0.279 e. The number of nitrogens with zero attached hydrogens (tertiary/aromatic N) is 4. The number of nitro groups is 1. The fourth-order valence-corrected chi connectivity index (χ4v) is 10.5. The Morgan fingerprint density at radius 1 is 0.878 bits per heavy atom. The Kier molecular flexibility index (Phi) is 6.64. The van der Waals surface area contributed by atoms with Gasteiger partial charge in [0, 0.05) is 17.4 Å². The molecule has 5 aromatic rings. The Hall–Kier alpha value is -5.16. The number of hydrogen-bond acceptors (Lipinski definition) is 7. The molecule has 41 heavy (non-hydrogen) atoms. The highest BCUT2D eigenvalue weighted by atomic mass is 32.1. The quantitative estimate of drug-likeness (QED) is 0.188. The van der Waals surface area contributed by atoms with E-state index >= 15 is 0 Å². The van der Waals surface area contributed by atoms with E-state index in [9.17, 15) is 25.3 Å². The minimum atomic E-state index is -2.84. The first-order chi connectivity index (χ1) is 19.9. The summed E-state index contributed by atoms with van der Waals surface area (Å²) in [4.78, 5) is 32.4. The first kappa shape index (κ1) is 26.1. The highest BCUT2D eigenvalue weighted by Gasteiger charge is 2.34. The summed E-state index contributed by atoms with van der Waals surface area (Å²) in [6.07, 6.45) is 0. The van der Waals surface area contributed by atoms with Crippen LogP contribution in [-0.4, -0.2) is 26.2 Å². The molecule has 0 saturated carbocycles. The maximum absolute atomic E-state index is 13.0. The summed E-state index contributed by atoms with van der Waals surface area (Å²) in [6, 6.07) is 35.6. The highest BCUT2D eigenvalue weighted by molar-refractivity contribution is 7.96. The fraction of sp³-hybridized carbons (Fsp3) is 0. The van der Waals surface area contributed by atoms with Crippen molar-refractivity contribution in [1.82, 2.24) is 4.98 Å². The Balaban J connectivity index is 1.73. The van der Waals surface area contributed by atoms with Crippen LogP contribution < -0.4 is 26.5 Å². The van der Waals surface area contributed by atoms with Crippen LogP contribution in [0.2, 0.25) is 0 Å². The number of hydrogen-bond donors (Lipinski definition) is 1. The number of fused-ring (bicyclic) bond motifs is 1. The van der Waals surface area contributed by atoms with Gasteiger partial charge in [-0.1, -0.05) is 91.0 Å². The zero-order valence-electron chi connectivity index (χ0n) is 21.2. The van der Waals surface area contributed by atoms with Crippen LogP contribution in [0.4, 0.5) is 5.69 Å². The second-order valence-electron chi connectivity index (χ2n) is 9.06. The molecule has 1 N–H and O–H groups in total. The number of nitro benzene ring substituents is 1. The van der Waals surface area contributed by atoms with E-state index < -0.39 is 23.6 Å². The van der Waals surface area contributed by atoms with E-state index in [-0.39, 0.29) is 31.7 Å². The molecule has 0 radical (unpaired) electrons. The van der Waals surface area contributed by atoms with Gasteiger partial charge in [-0.2, -0.15) is 5.26 Å². The molecule has 0 fully saturated rings. The number of aromatic nitrogens is 1. The lowest BCUT2D eigenvalue weighted by Gasteiger charge is -2.29. The Morgan fingerprint density at radius 2 is 1.41 bits per heavy atom. The molecule has 1 aromatic heterocycles. The van der Waals surface area contributed by atoms with Crippen molar-refractivity contribution in [1.29, 1.82) is 5.26 Å². The molecule has 1 aliphatic heterocycles. The van der Waals surface area contributed by atoms with Crippen molar-refractivity contribution in [3.05, 3.63) is 140 Å². The van der Waals surface area contributed by atoms with Gasteiger partial charge in [0.05, 0.1) is 21.1 Å². The molecule has 0 unspecified atom stereocenters. The topological polar surface area (TPSA) is 129 Å². The van der Waals surface area contributed by atoms with E-state index in [4.69, 9.17) is 0 Å². The van der Waals surface area contributed by atoms with Crippen molar-refractivity contribution in [3.8, 4) is 11.9 Å². The molecule has 4 aromatic carbocycles. The molecule has 6 rings (SSSR count). The first-order valence-corrected chi connectivity index (χ1v) is 15.0. The van der Waals surface area contributed by atoms with Crippen molar-refractivity contribution < 1.29 is 14.8 Å². The van der Waals surface area contributed by atoms with Gasteiger partial charge in [0.25, 0.3) is 11.6 Å². The summed E-state index contributed by atoms with van der Waals surface area (Å²) in [5, 5.41) is 37.2. The van der Waals surface area contributed by atoms with Crippen molar-refractivity contribution in [2.24, 2.45) is 4.99 Å². The Labute approximate surface area is 238 Å². The number of non-ortho nitro benzene ring substituents is 1. The van der Waals surface area contributed by atoms with Gasteiger partial charge in [-0.3, -0.25) is 14.9 Å². The van der Waals surface area contributed by atoms with E-state index in [0.29, 0.717) is 5.29 Å². The summed E-state index contributed by atoms with van der Waals surface area (Å²) in [5.74, 6) is -1.08. The zero-order valence-corrected chi connectivity index (χ0v) is 22.9. The summed E-state index contributed by atoms with van der Waals surface area (Å²) in [5.41, 5.74) is -0.188. The van der Waals surface area contributed by atoms with E-state index in [1.54, 1.807) is 0 Å². The van der Waals surface area contributed by atoms with Crippen LogP contribution in [0.15, 0.2) is 114 Å². The van der Waals surface area contributed by atoms with Crippen LogP contribution in [0.1, 0.15) is 9.88 Å². The maximum atomic E-state index is 13.0. The summed E-state index contributed by atoms with van der Waals surface area (Å²) >= 11 is 1.00. The molecule has 0 atom stereocenters. The van der Waals surface area contributed by atoms with Crippen LogP contribution in [-0.2, 0) is 4.79 Å². The predicted molar refractivity (Wildman–Crippen MR) is 160 cm³/mol. The molecule has 1 amide bonds. The lowest BCUT2D eigenvalue weighted by molar-refractivity contribution is -0.385. The van der Waals surface area contributed by atoms with Crippen molar-refractivity contribution in [3.63, 3.8) is 0 Å². The number of benzene rings is 4. The van der Waals surface area contributed by atoms with Gasteiger partial charge in [-0.25, -0.2) is 9.98 Å². The molecule has 1 aliphatic rings. The molecule has 0 aliphatic carbocycles. The molecule has 0 bridgehead atoms. The standard InChI is InChI=1S/C31H19N4O4PS/c32-19-26(31-34-30(37)28(41-31)27-24-18-20(35(38)39)16-17-25(24)33-29(27)36)40(21-10-4-1-5-11-21,22-12-6-2-7-13-22)23-14-8-3-9-15-23/h1-18,37H. The normalized spacial score (nSPS) is 12.4. The molecule has 2 heterocycles. The number of nitriles is 1. The summed E-state index contributed by atoms with van der Waals surface area (Å²) < 4.78 is 0. The largest absolute Gasteiger partial charge is 0.492 e. The van der Waals surface area contributed by atoms with Crippen LogP contribution in [0.3, 0.4) is 0 Å². The molecular formula is C31H19N4O4PS. The number of rotatable bonds is 6. The van der Waals surface area contributed by atoms with Crippen LogP contribution >= 0.6 is 18.2 Å². The molecular weight excluding hydrogens is 555 g/mol. The van der Waals surface area contributed by atoms with Gasteiger partial charge < -0.3 is 5.11 Å². The zero-order chi connectivity index (χ0) is 28.6. The molecule has 0 spiro atoms. The summed E-state index contributed by atoms with van der Waals surface area (Å²) in [7, 11) is 0. The number of carbonyl (C=O) groups is 1. The predicted octanol–water partition coefficient (Wildman–Crippen LogP) is 3.15. The van der Waals surface area contributed by atoms with Gasteiger partial charge in [-0.05, 0) is 28.9 Å². The fourth-order valence-electron chi connectivity index (χ4n) is 5.07. The van der Waals surface area contributed by atoms with Crippen molar-refractivity contribution in [2.45, 2.75) is 0 Å². The van der Waals surface area contributed by atoms with Crippen LogP contribution in [0.25, 0.3) is 5.57 Å². The van der Waals surface area contributed by atoms with Crippen molar-refractivity contribution >= 4 is 56.6 Å². The second kappa shape index (κ2) is 10.4. The number of amides is 1. The van der Waals surface area contributed by atoms with Gasteiger partial charge in [-0.15, -0.1) is 11.3 Å². The SMILES string of the molecule is N#CC(c1nc(O)c(C2=c3cc([N+](=O)[O-])ccc3=NC2=O)s1)=P(c1ccccc1)(c1ccccc1)c1ccccc1. The van der Waals surface area contributed by atoms with E-state index in [1.807, 2.05) is 91.0 Å². The Morgan fingerprint density at radius 3 is 1.90 bits per heavy atom. The average molecular weight is 575 g/mol. The van der Waals surface area contributed by atoms with Gasteiger partial charge in [0.15, 0.2) is 0 Å². The lowest BCUT2D eigenvalue weighted by atomic mass is 10.1. The minimum Gasteiger partial charge on any atom is -0.492 e. The van der Waals surface area contributed by atoms with E-state index in [0.717, 1.165) is 27.3 Å². The van der Waals surface area contributed by atoms with Crippen LogP contribution in [0, 0.1) is 21.4 Å². The first-order valence-electron chi connectivity index (χ1n) is 12.4. The molecule has 198 valence electrons. The van der Waals surface area contributed by atoms with Crippen LogP contribution in [0.5, 0.6) is 5.88 Å². The highest BCUT2D eigenvalue weighted by Crippen LogP contribution is 2.48. The molecule has 8 nitrogen and oxygen atoms in total. The number of carbonyl (C=O) groups excluding carboxylic acids is 1. The number of aromatic hydroxyl groups is 1. The lowest BCUT2D eigenvalue weighted by Crippen LogP contribution is -2.30. The average Bonchev–Trinajstić information content (AvgIpc) is 3.54. The van der Waals surface area contributed by atoms with Gasteiger partial charge in [0.1, 0.15) is 16.0 Å². The minimum absolute atomic E-state index is 0.0188. The number of thiazole rings is 1. The monoisotopic (exact) mass is 574 g/mol. The third-order valence-corrected chi connectivity index (χ3v) is 12.2. The molecule has 10 heteroatoms.